The molecule has 1 aromatic heterocycles. The van der Waals surface area contributed by atoms with E-state index in [0.29, 0.717) is 12.6 Å². The molecule has 158 valence electrons. The van der Waals surface area contributed by atoms with E-state index in [1.807, 2.05) is 20.0 Å². The van der Waals surface area contributed by atoms with Crippen LogP contribution in [0.2, 0.25) is 0 Å². The van der Waals surface area contributed by atoms with Crippen LogP contribution in [0.1, 0.15) is 27.6 Å². The topological polar surface area (TPSA) is 71.0 Å². The van der Waals surface area contributed by atoms with Crippen LogP contribution in [0.25, 0.3) is 0 Å². The third-order valence-electron chi connectivity index (χ3n) is 5.13. The average Bonchev–Trinajstić information content (AvgIpc) is 3.30. The number of guanidine groups is 1. The first-order valence-corrected chi connectivity index (χ1v) is 10.7. The molecule has 7 nitrogen and oxygen atoms in total. The van der Waals surface area contributed by atoms with E-state index < -0.39 is 0 Å². The number of likely N-dealkylation sites (tertiary alicyclic amines) is 1. The lowest BCUT2D eigenvalue weighted by Gasteiger charge is -2.19. The van der Waals surface area contributed by atoms with Crippen molar-refractivity contribution < 1.29 is 9.47 Å². The molecular weight excluding hydrogens is 386 g/mol. The largest absolute Gasteiger partial charge is 0.497 e. The average molecular weight is 418 g/mol. The van der Waals surface area contributed by atoms with Crippen LogP contribution in [0.5, 0.6) is 11.5 Å². The molecular formula is C21H31N5O2S. The number of nitrogens with zero attached hydrogens (tertiary/aromatic N) is 3. The SMILES string of the molecule is CN=C(NCc1nc(C)c(C)s1)NC1CCN(Cc2cc(OC)cc(OC)c2)C1. The maximum Gasteiger partial charge on any atom is 0.191 e. The van der Waals surface area contributed by atoms with E-state index in [2.05, 4.69) is 44.6 Å². The Morgan fingerprint density at radius 2 is 1.97 bits per heavy atom. The van der Waals surface area contributed by atoms with Crippen molar-refractivity contribution in [1.82, 2.24) is 20.5 Å². The third kappa shape index (κ3) is 5.83. The van der Waals surface area contributed by atoms with Crippen LogP contribution in [0.4, 0.5) is 0 Å². The summed E-state index contributed by atoms with van der Waals surface area (Å²) >= 11 is 1.73. The number of benzene rings is 1. The molecule has 3 rings (SSSR count). The van der Waals surface area contributed by atoms with Gasteiger partial charge in [0.15, 0.2) is 5.96 Å². The van der Waals surface area contributed by atoms with Crippen molar-refractivity contribution in [2.75, 3.05) is 34.4 Å². The van der Waals surface area contributed by atoms with Gasteiger partial charge in [-0.25, -0.2) is 4.98 Å². The lowest BCUT2D eigenvalue weighted by Crippen LogP contribution is -2.44. The molecule has 1 aliphatic heterocycles. The minimum atomic E-state index is 0.369. The molecule has 2 heterocycles. The number of rotatable bonds is 7. The maximum atomic E-state index is 5.38. The predicted molar refractivity (Wildman–Crippen MR) is 118 cm³/mol. The Hall–Kier alpha value is -2.32. The molecule has 1 aromatic carbocycles. The lowest BCUT2D eigenvalue weighted by molar-refractivity contribution is 0.321. The smallest absolute Gasteiger partial charge is 0.191 e. The quantitative estimate of drug-likeness (QED) is 0.533. The lowest BCUT2D eigenvalue weighted by atomic mass is 10.2. The zero-order valence-corrected chi connectivity index (χ0v) is 18.7. The number of hydrogen-bond acceptors (Lipinski definition) is 6. The van der Waals surface area contributed by atoms with Gasteiger partial charge in [0.25, 0.3) is 0 Å². The Kier molecular flexibility index (Phi) is 7.33. The number of aliphatic imine (C=N–C) groups is 1. The molecule has 0 aliphatic carbocycles. The summed E-state index contributed by atoms with van der Waals surface area (Å²) in [6, 6.07) is 6.41. The molecule has 2 N–H and O–H groups in total. The Balaban J connectivity index is 1.51. The van der Waals surface area contributed by atoms with Crippen LogP contribution >= 0.6 is 11.3 Å². The molecule has 1 aliphatic rings. The molecule has 8 heteroatoms. The third-order valence-corrected chi connectivity index (χ3v) is 6.21. The van der Waals surface area contributed by atoms with Gasteiger partial charge in [-0.15, -0.1) is 11.3 Å². The molecule has 1 fully saturated rings. The molecule has 1 atom stereocenters. The van der Waals surface area contributed by atoms with Gasteiger partial charge < -0.3 is 20.1 Å². The molecule has 0 bridgehead atoms. The second-order valence-electron chi connectivity index (χ2n) is 7.26. The molecule has 2 aromatic rings. The van der Waals surface area contributed by atoms with Gasteiger partial charge in [-0.1, -0.05) is 0 Å². The highest BCUT2D eigenvalue weighted by Gasteiger charge is 2.23. The summed E-state index contributed by atoms with van der Waals surface area (Å²) in [5.41, 5.74) is 2.30. The van der Waals surface area contributed by atoms with E-state index in [-0.39, 0.29) is 0 Å². The first kappa shape index (κ1) is 21.4. The van der Waals surface area contributed by atoms with Gasteiger partial charge in [0.1, 0.15) is 16.5 Å². The van der Waals surface area contributed by atoms with Crippen molar-refractivity contribution >= 4 is 17.3 Å². The predicted octanol–water partition coefficient (Wildman–Crippen LogP) is 2.72. The van der Waals surface area contributed by atoms with Gasteiger partial charge in [-0.2, -0.15) is 0 Å². The number of aromatic nitrogens is 1. The second-order valence-corrected chi connectivity index (χ2v) is 8.55. The standard InChI is InChI=1S/C21H31N5O2S/c1-14-15(2)29-20(24-14)11-23-21(22-3)25-17-6-7-26(13-17)12-16-8-18(27-4)10-19(9-16)28-5/h8-10,17H,6-7,11-13H2,1-5H3,(H2,22,23,25). The van der Waals surface area contributed by atoms with Crippen molar-refractivity contribution in [1.29, 1.82) is 0 Å². The molecule has 29 heavy (non-hydrogen) atoms. The zero-order valence-electron chi connectivity index (χ0n) is 17.9. The van der Waals surface area contributed by atoms with E-state index in [4.69, 9.17) is 9.47 Å². The summed E-state index contributed by atoms with van der Waals surface area (Å²) in [5, 5.41) is 8.01. The monoisotopic (exact) mass is 417 g/mol. The highest BCUT2D eigenvalue weighted by Crippen LogP contribution is 2.24. The normalized spacial score (nSPS) is 17.4. The van der Waals surface area contributed by atoms with E-state index >= 15 is 0 Å². The molecule has 1 unspecified atom stereocenters. The van der Waals surface area contributed by atoms with Crippen LogP contribution in [-0.2, 0) is 13.1 Å². The highest BCUT2D eigenvalue weighted by atomic mass is 32.1. The number of nitrogens with one attached hydrogen (secondary N) is 2. The Morgan fingerprint density at radius 1 is 1.24 bits per heavy atom. The van der Waals surface area contributed by atoms with Crippen LogP contribution in [0.15, 0.2) is 23.2 Å². The van der Waals surface area contributed by atoms with Crippen molar-refractivity contribution in [3.8, 4) is 11.5 Å². The van der Waals surface area contributed by atoms with Gasteiger partial charge in [0.05, 0.1) is 26.5 Å². The second kappa shape index (κ2) is 9.93. The molecule has 0 radical (unpaired) electrons. The fraction of sp³-hybridized carbons (Fsp3) is 0.524. The van der Waals surface area contributed by atoms with Crippen LogP contribution < -0.4 is 20.1 Å². The van der Waals surface area contributed by atoms with Crippen molar-refractivity contribution in [2.45, 2.75) is 39.4 Å². The highest BCUT2D eigenvalue weighted by molar-refractivity contribution is 7.11. The minimum absolute atomic E-state index is 0.369. The minimum Gasteiger partial charge on any atom is -0.497 e. The summed E-state index contributed by atoms with van der Waals surface area (Å²) in [4.78, 5) is 12.7. The van der Waals surface area contributed by atoms with Crippen molar-refractivity contribution in [3.63, 3.8) is 0 Å². The van der Waals surface area contributed by atoms with E-state index in [9.17, 15) is 0 Å². The summed E-state index contributed by atoms with van der Waals surface area (Å²) in [6.07, 6.45) is 1.08. The Morgan fingerprint density at radius 3 is 2.55 bits per heavy atom. The number of hydrogen-bond donors (Lipinski definition) is 2. The molecule has 1 saturated heterocycles. The van der Waals surface area contributed by atoms with Crippen LogP contribution in [0, 0.1) is 13.8 Å². The fourth-order valence-corrected chi connectivity index (χ4v) is 4.35. The number of aryl methyl sites for hydroxylation is 2. The fourth-order valence-electron chi connectivity index (χ4n) is 3.47. The van der Waals surface area contributed by atoms with Crippen molar-refractivity contribution in [3.05, 3.63) is 39.3 Å². The number of ether oxygens (including phenoxy) is 2. The Bertz CT molecular complexity index is 810. The van der Waals surface area contributed by atoms with Crippen molar-refractivity contribution in [2.24, 2.45) is 4.99 Å². The van der Waals surface area contributed by atoms with E-state index in [0.717, 1.165) is 54.2 Å². The summed E-state index contributed by atoms with van der Waals surface area (Å²) < 4.78 is 10.8. The summed E-state index contributed by atoms with van der Waals surface area (Å²) in [7, 11) is 5.17. The van der Waals surface area contributed by atoms with Gasteiger partial charge >= 0.3 is 0 Å². The number of thiazole rings is 1. The van der Waals surface area contributed by atoms with Gasteiger partial charge in [-0.05, 0) is 38.0 Å². The van der Waals surface area contributed by atoms with E-state index in [1.54, 1.807) is 25.6 Å². The molecule has 0 spiro atoms. The van der Waals surface area contributed by atoms with Gasteiger partial charge in [-0.3, -0.25) is 9.89 Å². The van der Waals surface area contributed by atoms with Gasteiger partial charge in [0, 0.05) is 43.7 Å². The van der Waals surface area contributed by atoms with E-state index in [1.165, 1.54) is 10.4 Å². The Labute approximate surface area is 177 Å². The maximum absolute atomic E-state index is 5.38. The van der Waals surface area contributed by atoms with Gasteiger partial charge in [0.2, 0.25) is 0 Å². The first-order chi connectivity index (χ1) is 14.0. The first-order valence-electron chi connectivity index (χ1n) is 9.85. The number of methoxy groups -OCH3 is 2. The molecule has 0 saturated carbocycles. The molecule has 0 amide bonds. The summed E-state index contributed by atoms with van der Waals surface area (Å²) in [5.74, 6) is 2.47. The van der Waals surface area contributed by atoms with Crippen LogP contribution in [-0.4, -0.2) is 56.2 Å². The zero-order chi connectivity index (χ0) is 20.8. The van der Waals surface area contributed by atoms with Crippen LogP contribution in [0.3, 0.4) is 0 Å². The summed E-state index contributed by atoms with van der Waals surface area (Å²) in [6.45, 7) is 7.73.